The standard InChI is InChI=1S/C18H21NO3/c1-19-12-11-17(15-5-3-2-4-6-15)22-16-9-7-14(8-10-16)13-18(20)21/h2-10,13,17,19-21H,11-12H2,1H3. The van der Waals surface area contributed by atoms with Crippen LogP contribution in [-0.4, -0.2) is 23.8 Å². The zero-order valence-corrected chi connectivity index (χ0v) is 12.6. The Balaban J connectivity index is 2.11. The number of hydrogen-bond acceptors (Lipinski definition) is 4. The third-order valence-corrected chi connectivity index (χ3v) is 3.28. The number of hydrogen-bond donors (Lipinski definition) is 3. The molecule has 1 atom stereocenters. The molecule has 0 saturated heterocycles. The maximum absolute atomic E-state index is 8.84. The molecule has 0 amide bonds. The summed E-state index contributed by atoms with van der Waals surface area (Å²) < 4.78 is 6.08. The number of benzene rings is 2. The van der Waals surface area contributed by atoms with Gasteiger partial charge in [-0.3, -0.25) is 0 Å². The summed E-state index contributed by atoms with van der Waals surface area (Å²) >= 11 is 0. The van der Waals surface area contributed by atoms with Crippen molar-refractivity contribution >= 4 is 6.08 Å². The molecule has 3 N–H and O–H groups in total. The Bertz CT molecular complexity index is 589. The summed E-state index contributed by atoms with van der Waals surface area (Å²) in [4.78, 5) is 0. The molecule has 2 aromatic rings. The molecule has 4 nitrogen and oxygen atoms in total. The van der Waals surface area contributed by atoms with E-state index in [9.17, 15) is 0 Å². The molecule has 0 saturated carbocycles. The molecule has 2 aromatic carbocycles. The van der Waals surface area contributed by atoms with Crippen LogP contribution < -0.4 is 10.1 Å². The van der Waals surface area contributed by atoms with E-state index in [-0.39, 0.29) is 6.10 Å². The number of nitrogens with one attached hydrogen (secondary N) is 1. The summed E-state index contributed by atoms with van der Waals surface area (Å²) in [6.07, 6.45) is 2.11. The average molecular weight is 299 g/mol. The van der Waals surface area contributed by atoms with Crippen LogP contribution in [0, 0.1) is 0 Å². The van der Waals surface area contributed by atoms with E-state index in [1.54, 1.807) is 12.1 Å². The van der Waals surface area contributed by atoms with Crippen molar-refractivity contribution in [3.63, 3.8) is 0 Å². The second kappa shape index (κ2) is 8.10. The quantitative estimate of drug-likeness (QED) is 0.680. The molecular formula is C18H21NO3. The summed E-state index contributed by atoms with van der Waals surface area (Å²) in [6.45, 7) is 0.860. The molecule has 0 heterocycles. The van der Waals surface area contributed by atoms with E-state index >= 15 is 0 Å². The van der Waals surface area contributed by atoms with E-state index in [1.165, 1.54) is 6.08 Å². The van der Waals surface area contributed by atoms with Crippen molar-refractivity contribution in [1.29, 1.82) is 0 Å². The minimum atomic E-state index is -0.704. The molecule has 22 heavy (non-hydrogen) atoms. The second-order valence-corrected chi connectivity index (χ2v) is 4.98. The first-order valence-electron chi connectivity index (χ1n) is 7.25. The van der Waals surface area contributed by atoms with Gasteiger partial charge in [0.1, 0.15) is 11.9 Å². The number of aliphatic hydroxyl groups excluding tert-OH is 1. The van der Waals surface area contributed by atoms with Crippen molar-refractivity contribution in [3.8, 4) is 5.75 Å². The predicted molar refractivity (Wildman–Crippen MR) is 88.0 cm³/mol. The van der Waals surface area contributed by atoms with E-state index in [2.05, 4.69) is 17.4 Å². The molecular weight excluding hydrogens is 278 g/mol. The van der Waals surface area contributed by atoms with E-state index in [1.807, 2.05) is 37.4 Å². The molecule has 0 aliphatic carbocycles. The van der Waals surface area contributed by atoms with Gasteiger partial charge in [0.05, 0.1) is 0 Å². The van der Waals surface area contributed by atoms with Crippen molar-refractivity contribution in [2.75, 3.05) is 13.6 Å². The van der Waals surface area contributed by atoms with Gasteiger partial charge in [-0.25, -0.2) is 0 Å². The molecule has 0 radical (unpaired) electrons. The van der Waals surface area contributed by atoms with Crippen molar-refractivity contribution in [1.82, 2.24) is 5.32 Å². The Morgan fingerprint density at radius 3 is 2.36 bits per heavy atom. The van der Waals surface area contributed by atoms with Crippen molar-refractivity contribution in [2.45, 2.75) is 12.5 Å². The number of aliphatic hydroxyl groups is 2. The van der Waals surface area contributed by atoms with Gasteiger partial charge in [0.2, 0.25) is 0 Å². The lowest BCUT2D eigenvalue weighted by molar-refractivity contribution is 0.194. The lowest BCUT2D eigenvalue weighted by Gasteiger charge is -2.19. The molecule has 0 fully saturated rings. The number of rotatable bonds is 7. The van der Waals surface area contributed by atoms with E-state index in [0.717, 1.165) is 24.3 Å². The normalized spacial score (nSPS) is 11.7. The summed E-state index contributed by atoms with van der Waals surface area (Å²) in [5.41, 5.74) is 1.84. The zero-order chi connectivity index (χ0) is 15.8. The van der Waals surface area contributed by atoms with Gasteiger partial charge in [0.25, 0.3) is 5.95 Å². The molecule has 0 bridgehead atoms. The molecule has 0 spiro atoms. The SMILES string of the molecule is CNCCC(Oc1ccc(C=C(O)O)cc1)c1ccccc1. The Hall–Kier alpha value is -2.46. The van der Waals surface area contributed by atoms with Gasteiger partial charge in [0.15, 0.2) is 0 Å². The minimum absolute atomic E-state index is 0.0266. The smallest absolute Gasteiger partial charge is 0.274 e. The fourth-order valence-electron chi connectivity index (χ4n) is 2.19. The van der Waals surface area contributed by atoms with Crippen LogP contribution in [0.5, 0.6) is 5.75 Å². The maximum Gasteiger partial charge on any atom is 0.274 e. The Kier molecular flexibility index (Phi) is 5.86. The van der Waals surface area contributed by atoms with E-state index < -0.39 is 5.95 Å². The lowest BCUT2D eigenvalue weighted by atomic mass is 10.1. The van der Waals surface area contributed by atoms with Gasteiger partial charge in [0, 0.05) is 12.5 Å². The molecule has 0 aliphatic heterocycles. The molecule has 2 rings (SSSR count). The highest BCUT2D eigenvalue weighted by Gasteiger charge is 2.12. The Morgan fingerprint density at radius 2 is 1.77 bits per heavy atom. The first-order chi connectivity index (χ1) is 10.7. The van der Waals surface area contributed by atoms with Gasteiger partial charge in [-0.15, -0.1) is 0 Å². The van der Waals surface area contributed by atoms with E-state index in [0.29, 0.717) is 5.56 Å². The van der Waals surface area contributed by atoms with Gasteiger partial charge >= 0.3 is 0 Å². The third kappa shape index (κ3) is 4.82. The predicted octanol–water partition coefficient (Wildman–Crippen LogP) is 3.83. The monoisotopic (exact) mass is 299 g/mol. The lowest BCUT2D eigenvalue weighted by Crippen LogP contribution is -2.16. The summed E-state index contributed by atoms with van der Waals surface area (Å²) in [5.74, 6) is 0.0457. The van der Waals surface area contributed by atoms with Crippen LogP contribution in [0.4, 0.5) is 0 Å². The van der Waals surface area contributed by atoms with Crippen LogP contribution in [0.3, 0.4) is 0 Å². The molecule has 116 valence electrons. The van der Waals surface area contributed by atoms with Crippen LogP contribution in [0.25, 0.3) is 6.08 Å². The highest BCUT2D eigenvalue weighted by atomic mass is 16.5. The number of ether oxygens (including phenoxy) is 1. The molecule has 4 heteroatoms. The van der Waals surface area contributed by atoms with Gasteiger partial charge in [-0.2, -0.15) is 0 Å². The molecule has 0 aliphatic rings. The first-order valence-corrected chi connectivity index (χ1v) is 7.25. The first kappa shape index (κ1) is 15.9. The van der Waals surface area contributed by atoms with Crippen LogP contribution in [0.2, 0.25) is 0 Å². The molecule has 0 aromatic heterocycles. The summed E-state index contributed by atoms with van der Waals surface area (Å²) in [6, 6.07) is 17.3. The third-order valence-electron chi connectivity index (χ3n) is 3.28. The van der Waals surface area contributed by atoms with E-state index in [4.69, 9.17) is 14.9 Å². The molecule has 1 unspecified atom stereocenters. The largest absolute Gasteiger partial charge is 0.486 e. The Labute approximate surface area is 130 Å². The highest BCUT2D eigenvalue weighted by Crippen LogP contribution is 2.25. The summed E-state index contributed by atoms with van der Waals surface area (Å²) in [7, 11) is 1.92. The highest BCUT2D eigenvalue weighted by molar-refractivity contribution is 5.50. The van der Waals surface area contributed by atoms with Gasteiger partial charge in [-0.1, -0.05) is 42.5 Å². The zero-order valence-electron chi connectivity index (χ0n) is 12.6. The average Bonchev–Trinajstić information content (AvgIpc) is 2.53. The fraction of sp³-hybridized carbons (Fsp3) is 0.222. The van der Waals surface area contributed by atoms with Gasteiger partial charge in [-0.05, 0) is 36.9 Å². The Morgan fingerprint density at radius 1 is 1.09 bits per heavy atom. The van der Waals surface area contributed by atoms with Crippen LogP contribution in [0.15, 0.2) is 60.5 Å². The van der Waals surface area contributed by atoms with Crippen molar-refractivity contribution < 1.29 is 14.9 Å². The topological polar surface area (TPSA) is 61.7 Å². The second-order valence-electron chi connectivity index (χ2n) is 4.98. The van der Waals surface area contributed by atoms with Crippen molar-refractivity contribution in [3.05, 3.63) is 71.7 Å². The van der Waals surface area contributed by atoms with Crippen molar-refractivity contribution in [2.24, 2.45) is 0 Å². The minimum Gasteiger partial charge on any atom is -0.486 e. The van der Waals surface area contributed by atoms with Crippen LogP contribution in [-0.2, 0) is 0 Å². The van der Waals surface area contributed by atoms with Gasteiger partial charge < -0.3 is 20.3 Å². The fourth-order valence-corrected chi connectivity index (χ4v) is 2.19. The summed E-state index contributed by atoms with van der Waals surface area (Å²) in [5, 5.41) is 20.8. The van der Waals surface area contributed by atoms with Crippen LogP contribution >= 0.6 is 0 Å². The maximum atomic E-state index is 8.84. The van der Waals surface area contributed by atoms with Crippen LogP contribution in [0.1, 0.15) is 23.7 Å².